The Hall–Kier alpha value is -3.16. The molecule has 1 fully saturated rings. The molecule has 0 saturated carbocycles. The van der Waals surface area contributed by atoms with Crippen LogP contribution < -0.4 is 15.0 Å². The van der Waals surface area contributed by atoms with Gasteiger partial charge in [0.05, 0.1) is 12.7 Å². The van der Waals surface area contributed by atoms with Crippen LogP contribution in [-0.2, 0) is 9.53 Å². The first-order valence-corrected chi connectivity index (χ1v) is 10.7. The van der Waals surface area contributed by atoms with Crippen LogP contribution in [0.15, 0.2) is 60.7 Å². The first-order chi connectivity index (χ1) is 15.5. The van der Waals surface area contributed by atoms with Crippen LogP contribution in [0.5, 0.6) is 5.75 Å². The fourth-order valence-electron chi connectivity index (χ4n) is 4.08. The van der Waals surface area contributed by atoms with Crippen molar-refractivity contribution < 1.29 is 23.8 Å². The largest absolute Gasteiger partial charge is 0.482 e. The fourth-order valence-corrected chi connectivity index (χ4v) is 4.08. The van der Waals surface area contributed by atoms with Crippen LogP contribution in [0, 0.1) is 5.82 Å². The number of rotatable bonds is 8. The molecule has 2 N–H and O–H groups in total. The zero-order chi connectivity index (χ0) is 22.5. The van der Waals surface area contributed by atoms with E-state index in [-0.39, 0.29) is 17.9 Å². The molecule has 3 aromatic carbocycles. The van der Waals surface area contributed by atoms with Crippen molar-refractivity contribution in [2.45, 2.75) is 19.1 Å². The number of anilines is 1. The Balaban J connectivity index is 1.39. The number of aliphatic carboxylic acids is 1. The third-order valence-corrected chi connectivity index (χ3v) is 5.66. The first kappa shape index (κ1) is 22.0. The zero-order valence-corrected chi connectivity index (χ0v) is 18.0. The summed E-state index contributed by atoms with van der Waals surface area (Å²) in [5, 5.41) is 14.8. The van der Waals surface area contributed by atoms with Crippen molar-refractivity contribution in [3.63, 3.8) is 0 Å². The minimum Gasteiger partial charge on any atom is -0.482 e. The van der Waals surface area contributed by atoms with Gasteiger partial charge in [-0.1, -0.05) is 42.5 Å². The van der Waals surface area contributed by atoms with Gasteiger partial charge in [0.2, 0.25) is 0 Å². The van der Waals surface area contributed by atoms with Crippen LogP contribution >= 0.6 is 0 Å². The number of morpholine rings is 1. The number of nitrogens with one attached hydrogen (secondary N) is 1. The number of carbonyl (C=O) groups is 1. The number of nitrogens with zero attached hydrogens (tertiary/aromatic N) is 1. The van der Waals surface area contributed by atoms with Crippen LogP contribution in [-0.4, -0.2) is 50.0 Å². The maximum absolute atomic E-state index is 14.1. The zero-order valence-electron chi connectivity index (χ0n) is 18.0. The molecule has 1 unspecified atom stereocenters. The van der Waals surface area contributed by atoms with Crippen molar-refractivity contribution in [3.8, 4) is 5.75 Å². The maximum atomic E-state index is 14.1. The highest BCUT2D eigenvalue weighted by Crippen LogP contribution is 2.26. The van der Waals surface area contributed by atoms with Crippen LogP contribution in [0.4, 0.5) is 10.1 Å². The van der Waals surface area contributed by atoms with Gasteiger partial charge in [0.1, 0.15) is 11.6 Å². The number of fused-ring (bicyclic) bond motifs is 1. The van der Waals surface area contributed by atoms with Gasteiger partial charge in [-0.25, -0.2) is 9.18 Å². The second kappa shape index (κ2) is 9.97. The lowest BCUT2D eigenvalue weighted by atomic mass is 9.99. The van der Waals surface area contributed by atoms with E-state index < -0.39 is 18.4 Å². The first-order valence-electron chi connectivity index (χ1n) is 10.7. The van der Waals surface area contributed by atoms with E-state index in [2.05, 4.69) is 42.6 Å². The van der Waals surface area contributed by atoms with Gasteiger partial charge in [-0.2, -0.15) is 0 Å². The minimum absolute atomic E-state index is 0.0622. The quantitative estimate of drug-likeness (QED) is 0.554. The van der Waals surface area contributed by atoms with Gasteiger partial charge >= 0.3 is 5.97 Å². The lowest BCUT2D eigenvalue weighted by molar-refractivity contribution is -0.139. The number of halogens is 1. The minimum atomic E-state index is -1.10. The van der Waals surface area contributed by atoms with E-state index >= 15 is 0 Å². The molecule has 168 valence electrons. The monoisotopic (exact) mass is 438 g/mol. The summed E-state index contributed by atoms with van der Waals surface area (Å²) in [6, 6.07) is 19.1. The molecule has 0 aromatic heterocycles. The molecule has 4 rings (SSSR count). The van der Waals surface area contributed by atoms with Crippen molar-refractivity contribution >= 4 is 22.4 Å². The number of ether oxygens (including phenoxy) is 2. The predicted octanol–water partition coefficient (Wildman–Crippen LogP) is 4.00. The lowest BCUT2D eigenvalue weighted by Gasteiger charge is -2.35. The van der Waals surface area contributed by atoms with E-state index in [0.29, 0.717) is 31.9 Å². The highest BCUT2D eigenvalue weighted by atomic mass is 19.1. The summed E-state index contributed by atoms with van der Waals surface area (Å²) in [7, 11) is 0. The van der Waals surface area contributed by atoms with E-state index in [1.54, 1.807) is 6.07 Å². The van der Waals surface area contributed by atoms with Crippen molar-refractivity contribution in [1.82, 2.24) is 5.32 Å². The molecule has 0 aliphatic carbocycles. The van der Waals surface area contributed by atoms with E-state index in [4.69, 9.17) is 14.6 Å². The molecule has 2 atom stereocenters. The Kier molecular flexibility index (Phi) is 6.87. The van der Waals surface area contributed by atoms with E-state index in [9.17, 15) is 9.18 Å². The number of carboxylic acids is 1. The summed E-state index contributed by atoms with van der Waals surface area (Å²) in [6.07, 6.45) is -0.0622. The van der Waals surface area contributed by atoms with Crippen LogP contribution in [0.3, 0.4) is 0 Å². The van der Waals surface area contributed by atoms with E-state index in [0.717, 1.165) is 0 Å². The van der Waals surface area contributed by atoms with Gasteiger partial charge in [-0.3, -0.25) is 0 Å². The van der Waals surface area contributed by atoms with Gasteiger partial charge in [0, 0.05) is 43.5 Å². The molecule has 0 bridgehead atoms. The molecule has 1 heterocycles. The molecule has 0 spiro atoms. The fraction of sp³-hybridized carbons (Fsp3) is 0.320. The van der Waals surface area contributed by atoms with Gasteiger partial charge in [-0.15, -0.1) is 0 Å². The molecular formula is C25H27FN2O4. The number of benzene rings is 3. The Morgan fingerprint density at radius 1 is 1.25 bits per heavy atom. The number of hydrogen-bond acceptors (Lipinski definition) is 5. The van der Waals surface area contributed by atoms with Crippen molar-refractivity contribution in [1.29, 1.82) is 0 Å². The second-order valence-electron chi connectivity index (χ2n) is 7.96. The van der Waals surface area contributed by atoms with E-state index in [1.165, 1.54) is 28.5 Å². The summed E-state index contributed by atoms with van der Waals surface area (Å²) < 4.78 is 25.2. The second-order valence-corrected chi connectivity index (χ2v) is 7.96. The summed E-state index contributed by atoms with van der Waals surface area (Å²) in [4.78, 5) is 12.8. The number of carboxylic acid groups (broad SMARTS) is 1. The Labute approximate surface area is 186 Å². The molecule has 32 heavy (non-hydrogen) atoms. The van der Waals surface area contributed by atoms with Crippen LogP contribution in [0.25, 0.3) is 10.8 Å². The average Bonchev–Trinajstić information content (AvgIpc) is 2.80. The molecule has 1 aliphatic heterocycles. The third kappa shape index (κ3) is 5.36. The smallest absolute Gasteiger partial charge is 0.341 e. The Morgan fingerprint density at radius 2 is 2.06 bits per heavy atom. The summed E-state index contributed by atoms with van der Waals surface area (Å²) in [5.41, 5.74) is 1.89. The molecule has 1 saturated heterocycles. The standard InChI is InChI=1S/C25H27FN2O4/c1-17(23-8-4-6-18-5-2-3-7-24(18)23)27-14-22-15-28(9-10-31-22)20-11-19(26)12-21(13-20)32-16-25(29)30/h2-8,11-13,17,22,27H,9-10,14-16H2,1H3,(H,29,30)/t17-,22?/m1/s1. The highest BCUT2D eigenvalue weighted by molar-refractivity contribution is 5.86. The lowest BCUT2D eigenvalue weighted by Crippen LogP contribution is -2.47. The van der Waals surface area contributed by atoms with Gasteiger partial charge < -0.3 is 24.8 Å². The van der Waals surface area contributed by atoms with Crippen LogP contribution in [0.2, 0.25) is 0 Å². The molecule has 1 aliphatic rings. The highest BCUT2D eigenvalue weighted by Gasteiger charge is 2.22. The van der Waals surface area contributed by atoms with Crippen molar-refractivity contribution in [2.75, 3.05) is 37.7 Å². The SMILES string of the molecule is C[C@@H](NCC1CN(c2cc(F)cc(OCC(=O)O)c2)CCO1)c1cccc2ccccc12. The molecule has 6 nitrogen and oxygen atoms in total. The molecule has 0 amide bonds. The van der Waals surface area contributed by atoms with Gasteiger partial charge in [0.15, 0.2) is 6.61 Å². The summed E-state index contributed by atoms with van der Waals surface area (Å²) in [5.74, 6) is -1.37. The summed E-state index contributed by atoms with van der Waals surface area (Å²) in [6.45, 7) is 4.02. The third-order valence-electron chi connectivity index (χ3n) is 5.66. The molecule has 7 heteroatoms. The Morgan fingerprint density at radius 3 is 2.91 bits per heavy atom. The van der Waals surface area contributed by atoms with Crippen molar-refractivity contribution in [3.05, 3.63) is 72.0 Å². The van der Waals surface area contributed by atoms with Crippen LogP contribution in [0.1, 0.15) is 18.5 Å². The molecule has 0 radical (unpaired) electrons. The van der Waals surface area contributed by atoms with Crippen molar-refractivity contribution in [2.24, 2.45) is 0 Å². The van der Waals surface area contributed by atoms with Gasteiger partial charge in [-0.05, 0) is 29.3 Å². The normalized spacial score (nSPS) is 17.3. The topological polar surface area (TPSA) is 71.0 Å². The Bertz CT molecular complexity index is 1090. The van der Waals surface area contributed by atoms with Gasteiger partial charge in [0.25, 0.3) is 0 Å². The summed E-state index contributed by atoms with van der Waals surface area (Å²) >= 11 is 0. The molecule has 3 aromatic rings. The maximum Gasteiger partial charge on any atom is 0.341 e. The number of hydrogen-bond donors (Lipinski definition) is 2. The van der Waals surface area contributed by atoms with E-state index in [1.807, 2.05) is 17.0 Å². The predicted molar refractivity (Wildman–Crippen MR) is 122 cm³/mol. The average molecular weight is 438 g/mol. The molecular weight excluding hydrogens is 411 g/mol.